The minimum absolute atomic E-state index is 0.0934. The molecule has 1 aliphatic heterocycles. The third-order valence-electron chi connectivity index (χ3n) is 2.93. The van der Waals surface area contributed by atoms with E-state index >= 15 is 0 Å². The fourth-order valence-corrected chi connectivity index (χ4v) is 1.93. The molecule has 3 heteroatoms. The topological polar surface area (TPSA) is 46.3 Å². The van der Waals surface area contributed by atoms with Crippen molar-refractivity contribution in [1.29, 1.82) is 0 Å². The first-order chi connectivity index (χ1) is 6.59. The number of amides is 1. The first-order valence-corrected chi connectivity index (χ1v) is 5.61. The molecule has 1 rings (SSSR count). The molecule has 1 saturated heterocycles. The van der Waals surface area contributed by atoms with Gasteiger partial charge in [-0.05, 0) is 38.3 Å². The fourth-order valence-electron chi connectivity index (χ4n) is 1.93. The Morgan fingerprint density at radius 1 is 1.57 bits per heavy atom. The summed E-state index contributed by atoms with van der Waals surface area (Å²) in [4.78, 5) is 13.4. The van der Waals surface area contributed by atoms with Gasteiger partial charge in [-0.15, -0.1) is 0 Å². The molecule has 1 heterocycles. The Balaban J connectivity index is 2.29. The Hall–Kier alpha value is -0.570. The molecule has 1 fully saturated rings. The maximum Gasteiger partial charge on any atom is 0.221 e. The lowest BCUT2D eigenvalue weighted by molar-refractivity contribution is -0.123. The maximum atomic E-state index is 11.0. The summed E-state index contributed by atoms with van der Waals surface area (Å²) >= 11 is 0. The van der Waals surface area contributed by atoms with Crippen LogP contribution in [0.25, 0.3) is 0 Å². The van der Waals surface area contributed by atoms with Crippen molar-refractivity contribution in [2.75, 3.05) is 19.6 Å². The fraction of sp³-hybridized carbons (Fsp3) is 0.909. The van der Waals surface area contributed by atoms with Crippen molar-refractivity contribution >= 4 is 5.91 Å². The molecule has 0 radical (unpaired) electrons. The Bertz CT molecular complexity index is 192. The number of piperidine rings is 1. The Labute approximate surface area is 86.6 Å². The first-order valence-electron chi connectivity index (χ1n) is 5.61. The SMILES string of the molecule is CC(C)CCN1CCCC(C(N)=O)C1. The van der Waals surface area contributed by atoms with Crippen molar-refractivity contribution in [3.63, 3.8) is 0 Å². The number of likely N-dealkylation sites (tertiary alicyclic amines) is 1. The number of nitrogens with zero attached hydrogens (tertiary/aromatic N) is 1. The number of nitrogens with two attached hydrogens (primary N) is 1. The Morgan fingerprint density at radius 2 is 2.29 bits per heavy atom. The van der Waals surface area contributed by atoms with Crippen LogP contribution in [-0.2, 0) is 4.79 Å². The highest BCUT2D eigenvalue weighted by atomic mass is 16.1. The zero-order chi connectivity index (χ0) is 10.6. The molecule has 1 amide bonds. The van der Waals surface area contributed by atoms with Gasteiger partial charge in [0.05, 0.1) is 5.92 Å². The predicted octanol–water partition coefficient (Wildman–Crippen LogP) is 1.23. The smallest absolute Gasteiger partial charge is 0.221 e. The zero-order valence-corrected chi connectivity index (χ0v) is 9.33. The van der Waals surface area contributed by atoms with Crippen LogP contribution in [0.3, 0.4) is 0 Å². The largest absolute Gasteiger partial charge is 0.369 e. The molecule has 0 aromatic carbocycles. The van der Waals surface area contributed by atoms with E-state index in [-0.39, 0.29) is 11.8 Å². The van der Waals surface area contributed by atoms with Crippen molar-refractivity contribution in [2.24, 2.45) is 17.6 Å². The lowest BCUT2D eigenvalue weighted by Gasteiger charge is -2.31. The molecule has 1 atom stereocenters. The molecular formula is C11H22N2O. The van der Waals surface area contributed by atoms with Gasteiger partial charge < -0.3 is 10.6 Å². The summed E-state index contributed by atoms with van der Waals surface area (Å²) in [6, 6.07) is 0. The highest BCUT2D eigenvalue weighted by Gasteiger charge is 2.23. The third-order valence-corrected chi connectivity index (χ3v) is 2.93. The molecule has 82 valence electrons. The van der Waals surface area contributed by atoms with Crippen LogP contribution in [0.4, 0.5) is 0 Å². The summed E-state index contributed by atoms with van der Waals surface area (Å²) in [6.45, 7) is 7.59. The van der Waals surface area contributed by atoms with Crippen molar-refractivity contribution in [3.05, 3.63) is 0 Å². The summed E-state index contributed by atoms with van der Waals surface area (Å²) in [6.07, 6.45) is 3.31. The molecule has 0 saturated carbocycles. The Kier molecular flexibility index (Phi) is 4.39. The number of primary amides is 1. The molecule has 3 nitrogen and oxygen atoms in total. The highest BCUT2D eigenvalue weighted by Crippen LogP contribution is 2.16. The normalized spacial score (nSPS) is 24.1. The summed E-state index contributed by atoms with van der Waals surface area (Å²) in [7, 11) is 0. The van der Waals surface area contributed by atoms with Crippen molar-refractivity contribution < 1.29 is 4.79 Å². The van der Waals surface area contributed by atoms with Gasteiger partial charge in [0.2, 0.25) is 5.91 Å². The molecule has 14 heavy (non-hydrogen) atoms. The average Bonchev–Trinajstić information content (AvgIpc) is 2.15. The summed E-state index contributed by atoms with van der Waals surface area (Å²) in [5.41, 5.74) is 5.32. The van der Waals surface area contributed by atoms with Crippen LogP contribution in [-0.4, -0.2) is 30.4 Å². The molecule has 0 aromatic rings. The average molecular weight is 198 g/mol. The second kappa shape index (κ2) is 5.35. The van der Waals surface area contributed by atoms with Crippen LogP contribution in [0.15, 0.2) is 0 Å². The molecule has 0 bridgehead atoms. The number of hydrogen-bond acceptors (Lipinski definition) is 2. The van der Waals surface area contributed by atoms with E-state index in [1.54, 1.807) is 0 Å². The van der Waals surface area contributed by atoms with E-state index < -0.39 is 0 Å². The van der Waals surface area contributed by atoms with Gasteiger partial charge in [-0.2, -0.15) is 0 Å². The molecule has 0 spiro atoms. The van der Waals surface area contributed by atoms with Gasteiger partial charge in [-0.3, -0.25) is 4.79 Å². The number of hydrogen-bond donors (Lipinski definition) is 1. The molecule has 0 aliphatic carbocycles. The second-order valence-corrected chi connectivity index (χ2v) is 4.72. The van der Waals surface area contributed by atoms with Gasteiger partial charge in [-0.1, -0.05) is 13.8 Å². The van der Waals surface area contributed by atoms with Gasteiger partial charge in [0.25, 0.3) is 0 Å². The lowest BCUT2D eigenvalue weighted by Crippen LogP contribution is -2.41. The second-order valence-electron chi connectivity index (χ2n) is 4.72. The van der Waals surface area contributed by atoms with E-state index in [1.807, 2.05) is 0 Å². The van der Waals surface area contributed by atoms with Crippen LogP contribution in [0.1, 0.15) is 33.1 Å². The summed E-state index contributed by atoms with van der Waals surface area (Å²) in [5.74, 6) is 0.708. The highest BCUT2D eigenvalue weighted by molar-refractivity contribution is 5.76. The molecule has 1 aliphatic rings. The quantitative estimate of drug-likeness (QED) is 0.738. The molecule has 2 N–H and O–H groups in total. The van der Waals surface area contributed by atoms with Crippen LogP contribution in [0, 0.1) is 11.8 Å². The van der Waals surface area contributed by atoms with Gasteiger partial charge in [0.1, 0.15) is 0 Å². The Morgan fingerprint density at radius 3 is 2.86 bits per heavy atom. The van der Waals surface area contributed by atoms with E-state index in [2.05, 4.69) is 18.7 Å². The standard InChI is InChI=1S/C11H22N2O/c1-9(2)5-7-13-6-3-4-10(8-13)11(12)14/h9-10H,3-8H2,1-2H3,(H2,12,14). The first kappa shape index (κ1) is 11.5. The van der Waals surface area contributed by atoms with E-state index in [9.17, 15) is 4.79 Å². The maximum absolute atomic E-state index is 11.0. The lowest BCUT2D eigenvalue weighted by atomic mass is 9.97. The van der Waals surface area contributed by atoms with E-state index in [0.717, 1.165) is 38.4 Å². The van der Waals surface area contributed by atoms with E-state index in [4.69, 9.17) is 5.73 Å². The minimum atomic E-state index is -0.126. The number of rotatable bonds is 4. The molecular weight excluding hydrogens is 176 g/mol. The molecule has 1 unspecified atom stereocenters. The third kappa shape index (κ3) is 3.66. The van der Waals surface area contributed by atoms with Gasteiger partial charge in [0, 0.05) is 6.54 Å². The summed E-state index contributed by atoms with van der Waals surface area (Å²) in [5, 5.41) is 0. The van der Waals surface area contributed by atoms with Crippen molar-refractivity contribution in [1.82, 2.24) is 4.90 Å². The van der Waals surface area contributed by atoms with E-state index in [0.29, 0.717) is 0 Å². The van der Waals surface area contributed by atoms with E-state index in [1.165, 1.54) is 6.42 Å². The minimum Gasteiger partial charge on any atom is -0.369 e. The van der Waals surface area contributed by atoms with Crippen molar-refractivity contribution in [2.45, 2.75) is 33.1 Å². The molecule has 0 aromatic heterocycles. The van der Waals surface area contributed by atoms with Crippen LogP contribution in [0.5, 0.6) is 0 Å². The van der Waals surface area contributed by atoms with Gasteiger partial charge in [0.15, 0.2) is 0 Å². The monoisotopic (exact) mass is 198 g/mol. The van der Waals surface area contributed by atoms with Gasteiger partial charge >= 0.3 is 0 Å². The van der Waals surface area contributed by atoms with Crippen LogP contribution < -0.4 is 5.73 Å². The zero-order valence-electron chi connectivity index (χ0n) is 9.33. The van der Waals surface area contributed by atoms with Crippen LogP contribution in [0.2, 0.25) is 0 Å². The number of carbonyl (C=O) groups excluding carboxylic acids is 1. The van der Waals surface area contributed by atoms with Gasteiger partial charge in [-0.25, -0.2) is 0 Å². The van der Waals surface area contributed by atoms with Crippen molar-refractivity contribution in [3.8, 4) is 0 Å². The van der Waals surface area contributed by atoms with Crippen LogP contribution >= 0.6 is 0 Å². The number of carbonyl (C=O) groups is 1. The summed E-state index contributed by atoms with van der Waals surface area (Å²) < 4.78 is 0. The predicted molar refractivity (Wildman–Crippen MR) is 57.8 cm³/mol.